The van der Waals surface area contributed by atoms with Crippen LogP contribution < -0.4 is 10.4 Å². The van der Waals surface area contributed by atoms with E-state index >= 15 is 0 Å². The average Bonchev–Trinajstić information content (AvgIpc) is 2.77. The van der Waals surface area contributed by atoms with Gasteiger partial charge in [0.05, 0.1) is 5.56 Å². The van der Waals surface area contributed by atoms with Crippen LogP contribution in [0.25, 0.3) is 33.5 Å². The number of rotatable bonds is 3. The Kier molecular flexibility index (Phi) is 5.15. The van der Waals surface area contributed by atoms with Crippen LogP contribution in [-0.2, 0) is 6.18 Å². The largest absolute Gasteiger partial charge is 0.416 e. The maximum atomic E-state index is 12.8. The Bertz CT molecular complexity index is 1330. The molecule has 3 aromatic carbocycles. The molecular weight excluding hydrogens is 419 g/mol. The lowest BCUT2D eigenvalue weighted by Gasteiger charge is -2.27. The monoisotopic (exact) mass is 440 g/mol. The van der Waals surface area contributed by atoms with Crippen molar-refractivity contribution < 1.29 is 22.0 Å². The standard InChI is InChI=1S/C27H21F5/c28-26(29)14-16-1-9-22-19(13-16)5-11-25-23-10-4-18(15-20(23)6-12-24(22)25)17-2-7-21(8-3-17)27(30,31)32/h2-4,6-8,10-13,15,19,26H,1,5,9,14H2. The highest BCUT2D eigenvalue weighted by Gasteiger charge is 2.30. The molecule has 0 nitrogen and oxygen atoms in total. The number of alkyl halides is 5. The van der Waals surface area contributed by atoms with Crippen LogP contribution in [0.15, 0.2) is 66.2 Å². The van der Waals surface area contributed by atoms with Crippen molar-refractivity contribution in [2.75, 3.05) is 0 Å². The minimum absolute atomic E-state index is 0.138. The van der Waals surface area contributed by atoms with Crippen LogP contribution in [0.1, 0.15) is 31.2 Å². The number of benzene rings is 3. The Morgan fingerprint density at radius 2 is 1.62 bits per heavy atom. The van der Waals surface area contributed by atoms with Gasteiger partial charge in [0, 0.05) is 12.3 Å². The van der Waals surface area contributed by atoms with Gasteiger partial charge in [0.15, 0.2) is 0 Å². The second-order valence-electron chi connectivity index (χ2n) is 8.53. The van der Waals surface area contributed by atoms with Crippen molar-refractivity contribution in [3.63, 3.8) is 0 Å². The molecule has 164 valence electrons. The van der Waals surface area contributed by atoms with E-state index < -0.39 is 18.2 Å². The van der Waals surface area contributed by atoms with Gasteiger partial charge in [-0.3, -0.25) is 0 Å². The van der Waals surface area contributed by atoms with Crippen LogP contribution in [0.3, 0.4) is 0 Å². The fraction of sp³-hybridized carbons (Fsp3) is 0.259. The predicted molar refractivity (Wildman–Crippen MR) is 118 cm³/mol. The SMILES string of the molecule is FC(F)CC1=CC2CC=c3c(ccc4cc(-c5ccc(C(F)(F)F)cc5)ccc34)=C2CC1. The van der Waals surface area contributed by atoms with Crippen molar-refractivity contribution in [1.29, 1.82) is 0 Å². The molecule has 5 heteroatoms. The maximum absolute atomic E-state index is 12.8. The Balaban J connectivity index is 1.53. The molecule has 0 heterocycles. The summed E-state index contributed by atoms with van der Waals surface area (Å²) in [4.78, 5) is 0. The summed E-state index contributed by atoms with van der Waals surface area (Å²) in [6, 6.07) is 15.3. The first-order chi connectivity index (χ1) is 15.3. The fourth-order valence-electron chi connectivity index (χ4n) is 4.99. The van der Waals surface area contributed by atoms with Crippen LogP contribution in [-0.4, -0.2) is 6.43 Å². The highest BCUT2D eigenvalue weighted by molar-refractivity contribution is 5.89. The number of hydrogen-bond acceptors (Lipinski definition) is 0. The average molecular weight is 440 g/mol. The van der Waals surface area contributed by atoms with Gasteiger partial charge in [0.25, 0.3) is 0 Å². The molecule has 0 bridgehead atoms. The zero-order chi connectivity index (χ0) is 22.5. The third-order valence-corrected chi connectivity index (χ3v) is 6.55. The molecule has 2 aliphatic carbocycles. The Morgan fingerprint density at radius 3 is 2.34 bits per heavy atom. The molecule has 0 saturated carbocycles. The van der Waals surface area contributed by atoms with Crippen LogP contribution >= 0.6 is 0 Å². The third-order valence-electron chi connectivity index (χ3n) is 6.55. The molecule has 1 unspecified atom stereocenters. The smallest absolute Gasteiger partial charge is 0.210 e. The Labute approximate surface area is 182 Å². The van der Waals surface area contributed by atoms with Crippen LogP contribution in [0.5, 0.6) is 0 Å². The zero-order valence-corrected chi connectivity index (χ0v) is 17.2. The van der Waals surface area contributed by atoms with E-state index in [2.05, 4.69) is 12.1 Å². The van der Waals surface area contributed by atoms with E-state index in [1.807, 2.05) is 30.3 Å². The maximum Gasteiger partial charge on any atom is 0.416 e. The van der Waals surface area contributed by atoms with E-state index in [-0.39, 0.29) is 12.3 Å². The van der Waals surface area contributed by atoms with Gasteiger partial charge in [-0.05, 0) is 69.8 Å². The molecule has 5 rings (SSSR count). The minimum atomic E-state index is -4.35. The number of fused-ring (bicyclic) bond motifs is 4. The lowest BCUT2D eigenvalue weighted by molar-refractivity contribution is -0.137. The summed E-state index contributed by atoms with van der Waals surface area (Å²) >= 11 is 0. The minimum Gasteiger partial charge on any atom is -0.210 e. The molecule has 0 amide bonds. The van der Waals surface area contributed by atoms with Gasteiger partial charge in [0.2, 0.25) is 6.43 Å². The Morgan fingerprint density at radius 1 is 0.875 bits per heavy atom. The van der Waals surface area contributed by atoms with Crippen molar-refractivity contribution in [3.05, 3.63) is 82.2 Å². The molecule has 0 saturated heterocycles. The van der Waals surface area contributed by atoms with Crippen molar-refractivity contribution >= 4 is 22.4 Å². The van der Waals surface area contributed by atoms with Crippen LogP contribution in [0, 0.1) is 5.92 Å². The zero-order valence-electron chi connectivity index (χ0n) is 17.2. The van der Waals surface area contributed by atoms with Gasteiger partial charge in [-0.1, -0.05) is 59.7 Å². The van der Waals surface area contributed by atoms with Gasteiger partial charge in [-0.25, -0.2) is 8.78 Å². The molecule has 0 radical (unpaired) electrons. The molecule has 3 aromatic rings. The molecule has 0 spiro atoms. The number of halogens is 5. The van der Waals surface area contributed by atoms with Gasteiger partial charge >= 0.3 is 6.18 Å². The first kappa shape index (κ1) is 20.9. The quantitative estimate of drug-likeness (QED) is 0.309. The summed E-state index contributed by atoms with van der Waals surface area (Å²) < 4.78 is 64.1. The van der Waals surface area contributed by atoms with E-state index in [9.17, 15) is 22.0 Å². The number of hydrogen-bond donors (Lipinski definition) is 0. The lowest BCUT2D eigenvalue weighted by Crippen LogP contribution is -2.34. The lowest BCUT2D eigenvalue weighted by atomic mass is 9.78. The number of allylic oxidation sites excluding steroid dienone is 2. The van der Waals surface area contributed by atoms with Crippen LogP contribution in [0.2, 0.25) is 0 Å². The van der Waals surface area contributed by atoms with Gasteiger partial charge in [-0.15, -0.1) is 0 Å². The van der Waals surface area contributed by atoms with E-state index in [0.717, 1.165) is 52.4 Å². The van der Waals surface area contributed by atoms with Gasteiger partial charge in [0.1, 0.15) is 0 Å². The second kappa shape index (κ2) is 7.88. The normalized spacial score (nSPS) is 18.2. The summed E-state index contributed by atoms with van der Waals surface area (Å²) in [7, 11) is 0. The Hall–Kier alpha value is -2.95. The first-order valence-electron chi connectivity index (χ1n) is 10.7. The topological polar surface area (TPSA) is 0 Å². The van der Waals surface area contributed by atoms with E-state index in [1.54, 1.807) is 0 Å². The molecule has 32 heavy (non-hydrogen) atoms. The highest BCUT2D eigenvalue weighted by atomic mass is 19.4. The van der Waals surface area contributed by atoms with Gasteiger partial charge in [-0.2, -0.15) is 13.2 Å². The van der Waals surface area contributed by atoms with Crippen molar-refractivity contribution in [1.82, 2.24) is 0 Å². The summed E-state index contributed by atoms with van der Waals surface area (Å²) in [5.74, 6) is 0.189. The second-order valence-corrected chi connectivity index (χ2v) is 8.53. The molecule has 0 fully saturated rings. The summed E-state index contributed by atoms with van der Waals surface area (Å²) in [6.45, 7) is 0. The molecule has 0 aromatic heterocycles. The van der Waals surface area contributed by atoms with Crippen molar-refractivity contribution in [3.8, 4) is 11.1 Å². The highest BCUT2D eigenvalue weighted by Crippen LogP contribution is 2.35. The van der Waals surface area contributed by atoms with Crippen molar-refractivity contribution in [2.24, 2.45) is 5.92 Å². The molecule has 2 aliphatic rings. The summed E-state index contributed by atoms with van der Waals surface area (Å²) in [6.07, 6.45) is -0.282. The summed E-state index contributed by atoms with van der Waals surface area (Å²) in [5.41, 5.74) is 3.11. The van der Waals surface area contributed by atoms with E-state index in [4.69, 9.17) is 0 Å². The van der Waals surface area contributed by atoms with E-state index in [1.165, 1.54) is 28.1 Å². The third kappa shape index (κ3) is 3.85. The van der Waals surface area contributed by atoms with Crippen LogP contribution in [0.4, 0.5) is 22.0 Å². The molecular formula is C27H21F5. The van der Waals surface area contributed by atoms with Gasteiger partial charge < -0.3 is 0 Å². The fourth-order valence-corrected chi connectivity index (χ4v) is 4.99. The van der Waals surface area contributed by atoms with Crippen molar-refractivity contribution in [2.45, 2.75) is 38.3 Å². The molecule has 1 atom stereocenters. The summed E-state index contributed by atoms with van der Waals surface area (Å²) in [5, 5.41) is 4.48. The first-order valence-corrected chi connectivity index (χ1v) is 10.7. The van der Waals surface area contributed by atoms with E-state index in [0.29, 0.717) is 6.42 Å². The molecule has 0 aliphatic heterocycles. The predicted octanol–water partition coefficient (Wildman–Crippen LogP) is 6.85. The molecule has 0 N–H and O–H groups in total.